The summed E-state index contributed by atoms with van der Waals surface area (Å²) in [5, 5.41) is 0. The number of hydrogen-bond acceptors (Lipinski definition) is 3. The fourth-order valence-electron chi connectivity index (χ4n) is 2.62. The number of rotatable bonds is 2. The first-order valence-corrected chi connectivity index (χ1v) is 8.36. The third-order valence-electron chi connectivity index (χ3n) is 3.83. The zero-order chi connectivity index (χ0) is 11.4. The lowest BCUT2D eigenvalue weighted by Gasteiger charge is -2.27. The highest BCUT2D eigenvalue weighted by Crippen LogP contribution is 2.29. The van der Waals surface area contributed by atoms with Gasteiger partial charge in [0.05, 0.1) is 40.5 Å². The molecule has 1 aliphatic carbocycles. The van der Waals surface area contributed by atoms with Crippen molar-refractivity contribution in [2.75, 3.05) is 24.7 Å². The van der Waals surface area contributed by atoms with Gasteiger partial charge in [-0.3, -0.25) is 0 Å². The van der Waals surface area contributed by atoms with E-state index in [9.17, 15) is 4.21 Å². The molecule has 0 unspecified atom stereocenters. The minimum Gasteiger partial charge on any atom is -0.379 e. The van der Waals surface area contributed by atoms with Gasteiger partial charge in [0, 0.05) is 0 Å². The summed E-state index contributed by atoms with van der Waals surface area (Å²) < 4.78 is 22.3. The molecule has 94 valence electrons. The summed E-state index contributed by atoms with van der Waals surface area (Å²) in [7, 11) is -1.91. The fourth-order valence-corrected chi connectivity index (χ4v) is 4.54. The summed E-state index contributed by atoms with van der Waals surface area (Å²) in [6, 6.07) is 0.369. The minimum atomic E-state index is -1.91. The molecule has 2 aliphatic rings. The van der Waals surface area contributed by atoms with Crippen LogP contribution < -0.4 is 0 Å². The molecular formula is C12H23NO2S. The van der Waals surface area contributed by atoms with E-state index < -0.39 is 9.73 Å². The lowest BCUT2D eigenvalue weighted by atomic mass is 9.85. The highest BCUT2D eigenvalue weighted by Gasteiger charge is 2.22. The predicted molar refractivity (Wildman–Crippen MR) is 67.2 cm³/mol. The highest BCUT2D eigenvalue weighted by atomic mass is 32.2. The maximum absolute atomic E-state index is 12.4. The molecule has 3 nitrogen and oxygen atoms in total. The Morgan fingerprint density at radius 2 is 1.81 bits per heavy atom. The Balaban J connectivity index is 1.94. The summed E-state index contributed by atoms with van der Waals surface area (Å²) in [5.41, 5.74) is 0. The largest absolute Gasteiger partial charge is 0.379 e. The third-order valence-corrected chi connectivity index (χ3v) is 6.12. The van der Waals surface area contributed by atoms with E-state index in [2.05, 4.69) is 11.3 Å². The predicted octanol–water partition coefficient (Wildman–Crippen LogP) is 2.45. The van der Waals surface area contributed by atoms with Gasteiger partial charge in [-0.2, -0.15) is 0 Å². The molecule has 4 heteroatoms. The van der Waals surface area contributed by atoms with Crippen molar-refractivity contribution in [3.8, 4) is 0 Å². The first-order chi connectivity index (χ1) is 7.72. The second-order valence-corrected chi connectivity index (χ2v) is 7.55. The van der Waals surface area contributed by atoms with Crippen molar-refractivity contribution in [1.82, 2.24) is 0 Å². The van der Waals surface area contributed by atoms with Crippen molar-refractivity contribution < 1.29 is 8.95 Å². The van der Waals surface area contributed by atoms with Crippen LogP contribution >= 0.6 is 0 Å². The van der Waals surface area contributed by atoms with Crippen LogP contribution in [0.2, 0.25) is 0 Å². The minimum absolute atomic E-state index is 0.369. The summed E-state index contributed by atoms with van der Waals surface area (Å²) >= 11 is 0. The van der Waals surface area contributed by atoms with Crippen molar-refractivity contribution in [2.45, 2.75) is 45.1 Å². The first kappa shape index (κ1) is 12.4. The van der Waals surface area contributed by atoms with Crippen molar-refractivity contribution in [1.29, 1.82) is 0 Å². The Morgan fingerprint density at radius 3 is 2.38 bits per heavy atom. The van der Waals surface area contributed by atoms with E-state index in [1.54, 1.807) is 0 Å². The van der Waals surface area contributed by atoms with Crippen molar-refractivity contribution in [3.05, 3.63) is 0 Å². The standard InChI is InChI=1S/C12H23NO2S/c1-2-11-3-5-12(6-4-11)13-16(14)9-7-15-8-10-16/h11-12H,2-10H2,1H3. The molecule has 1 saturated heterocycles. The zero-order valence-corrected chi connectivity index (χ0v) is 11.0. The van der Waals surface area contributed by atoms with Crippen molar-refractivity contribution in [3.63, 3.8) is 0 Å². The summed E-state index contributed by atoms with van der Waals surface area (Å²) in [6.45, 7) is 3.53. The van der Waals surface area contributed by atoms with Gasteiger partial charge in [0.25, 0.3) is 0 Å². The van der Waals surface area contributed by atoms with Gasteiger partial charge in [-0.15, -0.1) is 0 Å². The second-order valence-electron chi connectivity index (χ2n) is 4.98. The Hall–Kier alpha value is -0.0900. The molecular weight excluding hydrogens is 222 g/mol. The van der Waals surface area contributed by atoms with Crippen molar-refractivity contribution >= 4 is 9.73 Å². The van der Waals surface area contributed by atoms with Crippen LogP contribution in [0, 0.1) is 5.92 Å². The summed E-state index contributed by atoms with van der Waals surface area (Å²) in [5.74, 6) is 2.19. The van der Waals surface area contributed by atoms with Gasteiger partial charge in [-0.05, 0) is 31.6 Å². The molecule has 0 atom stereocenters. The topological polar surface area (TPSA) is 38.7 Å². The SMILES string of the molecule is CCC1CCC(N=S2(=O)CCOCC2)CC1. The molecule has 0 amide bonds. The molecule has 0 N–H and O–H groups in total. The Kier molecular flexibility index (Phi) is 4.25. The maximum Gasteiger partial charge on any atom is 0.0594 e. The molecule has 0 spiro atoms. The van der Waals surface area contributed by atoms with Gasteiger partial charge >= 0.3 is 0 Å². The van der Waals surface area contributed by atoms with E-state index in [0.29, 0.717) is 30.8 Å². The molecule has 0 aromatic heterocycles. The normalized spacial score (nSPS) is 34.6. The maximum atomic E-state index is 12.4. The lowest BCUT2D eigenvalue weighted by molar-refractivity contribution is 0.158. The van der Waals surface area contributed by atoms with Gasteiger partial charge < -0.3 is 4.74 Å². The Bertz CT molecular complexity index is 314. The van der Waals surface area contributed by atoms with Crippen LogP contribution in [0.1, 0.15) is 39.0 Å². The molecule has 2 fully saturated rings. The van der Waals surface area contributed by atoms with Crippen LogP contribution in [0.15, 0.2) is 4.36 Å². The van der Waals surface area contributed by atoms with E-state index in [1.165, 1.54) is 19.3 Å². The van der Waals surface area contributed by atoms with E-state index in [4.69, 9.17) is 4.74 Å². The molecule has 1 aliphatic heterocycles. The number of nitrogens with zero attached hydrogens (tertiary/aromatic N) is 1. The summed E-state index contributed by atoms with van der Waals surface area (Å²) in [6.07, 6.45) is 6.13. The molecule has 0 aromatic rings. The van der Waals surface area contributed by atoms with Gasteiger partial charge in [0.15, 0.2) is 0 Å². The molecule has 2 rings (SSSR count). The monoisotopic (exact) mass is 245 g/mol. The van der Waals surface area contributed by atoms with E-state index in [1.807, 2.05) is 0 Å². The fraction of sp³-hybridized carbons (Fsp3) is 1.00. The Morgan fingerprint density at radius 1 is 1.19 bits per heavy atom. The summed E-state index contributed by atoms with van der Waals surface area (Å²) in [4.78, 5) is 0. The van der Waals surface area contributed by atoms with Crippen LogP contribution in [0.4, 0.5) is 0 Å². The van der Waals surface area contributed by atoms with Crippen LogP contribution in [0.25, 0.3) is 0 Å². The highest BCUT2D eigenvalue weighted by molar-refractivity contribution is 7.93. The molecule has 0 bridgehead atoms. The quantitative estimate of drug-likeness (QED) is 0.749. The number of ether oxygens (including phenoxy) is 1. The van der Waals surface area contributed by atoms with Crippen molar-refractivity contribution in [2.24, 2.45) is 10.3 Å². The van der Waals surface area contributed by atoms with Gasteiger partial charge in [-0.25, -0.2) is 8.57 Å². The van der Waals surface area contributed by atoms with Gasteiger partial charge in [-0.1, -0.05) is 13.3 Å². The van der Waals surface area contributed by atoms with E-state index >= 15 is 0 Å². The first-order valence-electron chi connectivity index (χ1n) is 6.51. The lowest BCUT2D eigenvalue weighted by Crippen LogP contribution is -2.28. The molecule has 0 radical (unpaired) electrons. The average molecular weight is 245 g/mol. The smallest absolute Gasteiger partial charge is 0.0594 e. The van der Waals surface area contributed by atoms with Crippen LogP contribution in [-0.2, 0) is 14.5 Å². The van der Waals surface area contributed by atoms with Crippen LogP contribution in [0.3, 0.4) is 0 Å². The second kappa shape index (κ2) is 5.50. The molecule has 1 heterocycles. The van der Waals surface area contributed by atoms with Crippen LogP contribution in [-0.4, -0.2) is 35.0 Å². The molecule has 16 heavy (non-hydrogen) atoms. The molecule has 1 saturated carbocycles. The van der Waals surface area contributed by atoms with Gasteiger partial charge in [0.1, 0.15) is 0 Å². The number of hydrogen-bond donors (Lipinski definition) is 0. The average Bonchev–Trinajstić information content (AvgIpc) is 2.30. The van der Waals surface area contributed by atoms with Crippen LogP contribution in [0.5, 0.6) is 0 Å². The van der Waals surface area contributed by atoms with E-state index in [-0.39, 0.29) is 0 Å². The third kappa shape index (κ3) is 3.20. The Labute approximate surface area is 99.1 Å². The zero-order valence-electron chi connectivity index (χ0n) is 10.2. The van der Waals surface area contributed by atoms with Gasteiger partial charge in [0.2, 0.25) is 0 Å². The molecule has 0 aromatic carbocycles. The van der Waals surface area contributed by atoms with E-state index in [0.717, 1.165) is 18.8 Å².